The molecule has 8 heteroatoms. The highest BCUT2D eigenvalue weighted by molar-refractivity contribution is 6.21. The Balaban J connectivity index is 2.33. The first kappa shape index (κ1) is 13.9. The second kappa shape index (κ2) is 4.92. The molecule has 0 spiro atoms. The van der Waals surface area contributed by atoms with Crippen LogP contribution in [0.5, 0.6) is 0 Å². The van der Waals surface area contributed by atoms with Crippen molar-refractivity contribution in [2.75, 3.05) is 0 Å². The number of carbonyl (C=O) groups excluding carboxylic acids is 2. The third-order valence-electron chi connectivity index (χ3n) is 3.71. The van der Waals surface area contributed by atoms with Gasteiger partial charge in [-0.1, -0.05) is 0 Å². The fraction of sp³-hybridized carbons (Fsp3) is 0. The summed E-state index contributed by atoms with van der Waals surface area (Å²) in [5.41, 5.74) is 12.2. The largest absolute Gasteiger partial charge is 0.364 e. The van der Waals surface area contributed by atoms with Crippen LogP contribution in [0.25, 0.3) is 32.8 Å². The van der Waals surface area contributed by atoms with E-state index in [1.165, 1.54) is 0 Å². The van der Waals surface area contributed by atoms with Crippen LogP contribution in [0.4, 0.5) is 0 Å². The van der Waals surface area contributed by atoms with Gasteiger partial charge in [0.25, 0.3) is 11.8 Å². The van der Waals surface area contributed by atoms with Gasteiger partial charge in [0.1, 0.15) is 0 Å². The molecule has 0 atom stereocenters. The summed E-state index contributed by atoms with van der Waals surface area (Å²) in [4.78, 5) is 40.6. The number of carbonyl (C=O) groups is 2. The Hall–Kier alpha value is -3.68. The van der Waals surface area contributed by atoms with Crippen molar-refractivity contribution in [3.63, 3.8) is 0 Å². The minimum absolute atomic E-state index is 0.261. The van der Waals surface area contributed by atoms with Crippen LogP contribution in [-0.4, -0.2) is 31.8 Å². The van der Waals surface area contributed by atoms with Gasteiger partial charge in [0, 0.05) is 23.2 Å². The van der Waals surface area contributed by atoms with Crippen LogP contribution in [0.3, 0.4) is 0 Å². The van der Waals surface area contributed by atoms with Gasteiger partial charge in [0.05, 0.1) is 22.1 Å². The topological polar surface area (TPSA) is 138 Å². The van der Waals surface area contributed by atoms with E-state index in [0.29, 0.717) is 32.8 Å². The van der Waals surface area contributed by atoms with Crippen molar-refractivity contribution >= 4 is 44.7 Å². The van der Waals surface area contributed by atoms with Gasteiger partial charge in [-0.25, -0.2) is 9.97 Å². The molecular weight excluding hydrogens is 308 g/mol. The van der Waals surface area contributed by atoms with Crippen LogP contribution in [0, 0.1) is 0 Å². The normalized spacial score (nSPS) is 11.2. The second-order valence-corrected chi connectivity index (χ2v) is 5.15. The number of pyridine rings is 2. The van der Waals surface area contributed by atoms with Crippen molar-refractivity contribution in [3.8, 4) is 0 Å². The summed E-state index contributed by atoms with van der Waals surface area (Å²) in [7, 11) is 0. The molecule has 0 unspecified atom stereocenters. The summed E-state index contributed by atoms with van der Waals surface area (Å²) >= 11 is 0. The van der Waals surface area contributed by atoms with Gasteiger partial charge in [-0.15, -0.1) is 0 Å². The number of benzene rings is 1. The highest BCUT2D eigenvalue weighted by Gasteiger charge is 2.21. The number of hydrogen-bond acceptors (Lipinski definition) is 6. The summed E-state index contributed by atoms with van der Waals surface area (Å²) in [6.07, 6.45) is 3.28. The fourth-order valence-electron chi connectivity index (χ4n) is 2.72. The molecule has 0 saturated carbocycles. The molecule has 8 nitrogen and oxygen atoms in total. The van der Waals surface area contributed by atoms with Crippen LogP contribution < -0.4 is 11.5 Å². The summed E-state index contributed by atoms with van der Waals surface area (Å²) in [5, 5.41) is 1.31. The van der Waals surface area contributed by atoms with E-state index in [2.05, 4.69) is 19.9 Å². The fourth-order valence-corrected chi connectivity index (χ4v) is 2.72. The van der Waals surface area contributed by atoms with Crippen molar-refractivity contribution < 1.29 is 9.59 Å². The molecule has 0 saturated heterocycles. The zero-order valence-electron chi connectivity index (χ0n) is 12.2. The molecule has 3 heterocycles. The first-order valence-electron chi connectivity index (χ1n) is 7.00. The molecule has 116 valence electrons. The van der Waals surface area contributed by atoms with Crippen molar-refractivity contribution in [3.05, 3.63) is 48.0 Å². The zero-order valence-corrected chi connectivity index (χ0v) is 12.2. The number of amides is 2. The molecule has 0 aliphatic rings. The minimum atomic E-state index is -0.874. The van der Waals surface area contributed by atoms with Crippen molar-refractivity contribution in [1.29, 1.82) is 0 Å². The number of nitrogens with two attached hydrogens (primary N) is 2. The Morgan fingerprint density at radius 3 is 1.50 bits per heavy atom. The number of rotatable bonds is 2. The van der Waals surface area contributed by atoms with E-state index in [0.717, 1.165) is 0 Å². The van der Waals surface area contributed by atoms with E-state index < -0.39 is 11.8 Å². The van der Waals surface area contributed by atoms with Crippen LogP contribution in [0.1, 0.15) is 21.0 Å². The number of nitrogens with zero attached hydrogens (tertiary/aromatic N) is 4. The molecule has 0 fully saturated rings. The van der Waals surface area contributed by atoms with E-state index in [9.17, 15) is 9.59 Å². The predicted octanol–water partition coefficient (Wildman–Crippen LogP) is 0.924. The van der Waals surface area contributed by atoms with E-state index in [1.54, 1.807) is 36.7 Å². The SMILES string of the molecule is NC(=O)c1nc2c3cccnc3c3ncccc3c2nc1C(N)=O. The third kappa shape index (κ3) is 1.86. The maximum atomic E-state index is 11.7. The van der Waals surface area contributed by atoms with Gasteiger partial charge in [-0.3, -0.25) is 19.6 Å². The van der Waals surface area contributed by atoms with Gasteiger partial charge in [0.15, 0.2) is 11.4 Å². The quantitative estimate of drug-likeness (QED) is 0.527. The van der Waals surface area contributed by atoms with Crippen molar-refractivity contribution in [2.45, 2.75) is 0 Å². The Labute approximate surface area is 134 Å². The van der Waals surface area contributed by atoms with E-state index in [-0.39, 0.29) is 11.4 Å². The van der Waals surface area contributed by atoms with Gasteiger partial charge in [0.2, 0.25) is 0 Å². The molecule has 4 rings (SSSR count). The van der Waals surface area contributed by atoms with Crippen LogP contribution >= 0.6 is 0 Å². The molecule has 0 aliphatic heterocycles. The van der Waals surface area contributed by atoms with Crippen molar-refractivity contribution in [2.24, 2.45) is 11.5 Å². The van der Waals surface area contributed by atoms with Crippen molar-refractivity contribution in [1.82, 2.24) is 19.9 Å². The Kier molecular flexibility index (Phi) is 2.86. The monoisotopic (exact) mass is 318 g/mol. The van der Waals surface area contributed by atoms with Crippen LogP contribution in [0.2, 0.25) is 0 Å². The lowest BCUT2D eigenvalue weighted by Crippen LogP contribution is -2.24. The smallest absolute Gasteiger partial charge is 0.269 e. The molecule has 4 N–H and O–H groups in total. The average molecular weight is 318 g/mol. The van der Waals surface area contributed by atoms with E-state index >= 15 is 0 Å². The number of fused-ring (bicyclic) bond motifs is 6. The summed E-state index contributed by atoms with van der Waals surface area (Å²) < 4.78 is 0. The lowest BCUT2D eigenvalue weighted by atomic mass is 10.1. The third-order valence-corrected chi connectivity index (χ3v) is 3.71. The zero-order chi connectivity index (χ0) is 16.8. The summed E-state index contributed by atoms with van der Waals surface area (Å²) in [5.74, 6) is -1.75. The molecule has 0 aliphatic carbocycles. The van der Waals surface area contributed by atoms with Gasteiger partial charge >= 0.3 is 0 Å². The Morgan fingerprint density at radius 2 is 1.12 bits per heavy atom. The first-order valence-corrected chi connectivity index (χ1v) is 7.00. The van der Waals surface area contributed by atoms with Gasteiger partial charge in [-0.05, 0) is 24.3 Å². The molecular formula is C16H10N6O2. The minimum Gasteiger partial charge on any atom is -0.364 e. The lowest BCUT2D eigenvalue weighted by molar-refractivity contribution is 0.0960. The lowest BCUT2D eigenvalue weighted by Gasteiger charge is -2.10. The maximum Gasteiger partial charge on any atom is 0.269 e. The van der Waals surface area contributed by atoms with E-state index in [1.807, 2.05) is 0 Å². The average Bonchev–Trinajstić information content (AvgIpc) is 2.60. The van der Waals surface area contributed by atoms with Gasteiger partial charge < -0.3 is 11.5 Å². The second-order valence-electron chi connectivity index (χ2n) is 5.15. The van der Waals surface area contributed by atoms with Crippen LogP contribution in [0.15, 0.2) is 36.7 Å². The molecule has 0 bridgehead atoms. The molecule has 3 aromatic heterocycles. The standard InChI is InChI=1S/C16H10N6O2/c17-15(23)13-14(16(18)24)22-12-8-4-2-6-20-10(8)9-7(11(12)21-13)3-1-5-19-9/h1-6H,(H2,17,23)(H2,18,24). The molecule has 4 aromatic rings. The predicted molar refractivity (Wildman–Crippen MR) is 87.2 cm³/mol. The molecule has 1 aromatic carbocycles. The molecule has 0 radical (unpaired) electrons. The summed E-state index contributed by atoms with van der Waals surface area (Å²) in [6.45, 7) is 0. The number of aromatic nitrogens is 4. The first-order chi connectivity index (χ1) is 11.6. The molecule has 24 heavy (non-hydrogen) atoms. The maximum absolute atomic E-state index is 11.7. The molecule has 2 amide bonds. The van der Waals surface area contributed by atoms with Gasteiger partial charge in [-0.2, -0.15) is 0 Å². The number of hydrogen-bond donors (Lipinski definition) is 2. The number of primary amides is 2. The van der Waals surface area contributed by atoms with E-state index in [4.69, 9.17) is 11.5 Å². The Bertz CT molecular complexity index is 1080. The summed E-state index contributed by atoms with van der Waals surface area (Å²) in [6, 6.07) is 7.07. The van der Waals surface area contributed by atoms with Crippen LogP contribution in [-0.2, 0) is 0 Å². The Morgan fingerprint density at radius 1 is 0.708 bits per heavy atom. The highest BCUT2D eigenvalue weighted by atomic mass is 16.2. The highest BCUT2D eigenvalue weighted by Crippen LogP contribution is 2.30.